The van der Waals surface area contributed by atoms with E-state index < -0.39 is 16.9 Å². The number of benzene rings is 1. The van der Waals surface area contributed by atoms with E-state index in [9.17, 15) is 9.59 Å². The quantitative estimate of drug-likeness (QED) is 0.779. The third kappa shape index (κ3) is 4.21. The van der Waals surface area contributed by atoms with Gasteiger partial charge in [0, 0.05) is 0 Å². The Morgan fingerprint density at radius 3 is 2.48 bits per heavy atom. The fourth-order valence-electron chi connectivity index (χ4n) is 2.48. The van der Waals surface area contributed by atoms with Gasteiger partial charge in [-0.1, -0.05) is 42.5 Å². The maximum atomic E-state index is 12.6. The number of carbonyl (C=O) groups is 2. The summed E-state index contributed by atoms with van der Waals surface area (Å²) in [5.41, 5.74) is -0.521. The van der Waals surface area contributed by atoms with Crippen molar-refractivity contribution in [3.63, 3.8) is 0 Å². The van der Waals surface area contributed by atoms with Crippen LogP contribution in [-0.2, 0) is 19.1 Å². The molecule has 23 heavy (non-hydrogen) atoms. The summed E-state index contributed by atoms with van der Waals surface area (Å²) >= 11 is 0. The van der Waals surface area contributed by atoms with Gasteiger partial charge >= 0.3 is 11.9 Å². The Bertz CT molecular complexity index is 598. The molecule has 1 aliphatic rings. The molecule has 0 unspecified atom stereocenters. The molecule has 4 nitrogen and oxygen atoms in total. The summed E-state index contributed by atoms with van der Waals surface area (Å²) < 4.78 is 10.6. The summed E-state index contributed by atoms with van der Waals surface area (Å²) in [6, 6.07) is 9.67. The topological polar surface area (TPSA) is 52.6 Å². The van der Waals surface area contributed by atoms with Crippen LogP contribution in [0.2, 0.25) is 0 Å². The minimum atomic E-state index is -0.907. The number of ether oxygens (including phenoxy) is 2. The normalized spacial score (nSPS) is 23.6. The molecule has 1 aliphatic carbocycles. The van der Waals surface area contributed by atoms with Gasteiger partial charge in [-0.25, -0.2) is 0 Å². The number of carbonyl (C=O) groups excluding carboxylic acids is 2. The second-order valence-corrected chi connectivity index (χ2v) is 6.80. The van der Waals surface area contributed by atoms with E-state index in [1.165, 1.54) is 0 Å². The highest BCUT2D eigenvalue weighted by atomic mass is 16.6. The predicted molar refractivity (Wildman–Crippen MR) is 88.5 cm³/mol. The summed E-state index contributed by atoms with van der Waals surface area (Å²) in [6.07, 6.45) is 4.09. The first-order valence-electron chi connectivity index (χ1n) is 7.93. The zero-order chi connectivity index (χ0) is 17.1. The third-order valence-electron chi connectivity index (χ3n) is 3.73. The lowest BCUT2D eigenvalue weighted by molar-refractivity contribution is -0.162. The van der Waals surface area contributed by atoms with Gasteiger partial charge in [0.25, 0.3) is 0 Å². The molecule has 4 heteroatoms. The first-order chi connectivity index (χ1) is 10.8. The number of esters is 2. The van der Waals surface area contributed by atoms with E-state index in [-0.39, 0.29) is 11.9 Å². The van der Waals surface area contributed by atoms with Crippen LogP contribution in [0, 0.1) is 11.3 Å². The van der Waals surface area contributed by atoms with E-state index in [0.29, 0.717) is 13.0 Å². The number of hydrogen-bond donors (Lipinski definition) is 0. The van der Waals surface area contributed by atoms with Gasteiger partial charge in [-0.15, -0.1) is 0 Å². The Labute approximate surface area is 137 Å². The zero-order valence-corrected chi connectivity index (χ0v) is 14.2. The van der Waals surface area contributed by atoms with Crippen molar-refractivity contribution in [3.8, 4) is 0 Å². The van der Waals surface area contributed by atoms with E-state index in [1.54, 1.807) is 13.0 Å². The van der Waals surface area contributed by atoms with Crippen molar-refractivity contribution in [3.05, 3.63) is 42.0 Å². The molecule has 1 fully saturated rings. The van der Waals surface area contributed by atoms with Crippen LogP contribution in [0.5, 0.6) is 0 Å². The largest absolute Gasteiger partial charge is 0.466 e. The molecule has 0 amide bonds. The molecule has 2 rings (SSSR count). The minimum Gasteiger partial charge on any atom is -0.466 e. The average Bonchev–Trinajstić information content (AvgIpc) is 3.21. The van der Waals surface area contributed by atoms with Crippen molar-refractivity contribution < 1.29 is 19.1 Å². The number of hydrogen-bond acceptors (Lipinski definition) is 4. The summed E-state index contributed by atoms with van der Waals surface area (Å²) in [7, 11) is 0. The van der Waals surface area contributed by atoms with Gasteiger partial charge in [-0.3, -0.25) is 9.59 Å². The molecule has 0 aromatic heterocycles. The van der Waals surface area contributed by atoms with Crippen molar-refractivity contribution in [2.75, 3.05) is 6.61 Å². The van der Waals surface area contributed by atoms with Gasteiger partial charge in [-0.2, -0.15) is 0 Å². The molecule has 1 saturated carbocycles. The van der Waals surface area contributed by atoms with Crippen molar-refractivity contribution in [1.29, 1.82) is 0 Å². The van der Waals surface area contributed by atoms with Crippen molar-refractivity contribution in [1.82, 2.24) is 0 Å². The molecule has 0 bridgehead atoms. The van der Waals surface area contributed by atoms with E-state index in [2.05, 4.69) is 0 Å². The highest BCUT2D eigenvalue weighted by Crippen LogP contribution is 2.56. The van der Waals surface area contributed by atoms with E-state index in [4.69, 9.17) is 9.47 Å². The van der Waals surface area contributed by atoms with E-state index in [0.717, 1.165) is 5.56 Å². The fourth-order valence-corrected chi connectivity index (χ4v) is 2.48. The van der Waals surface area contributed by atoms with Gasteiger partial charge in [0.2, 0.25) is 0 Å². The van der Waals surface area contributed by atoms with Crippen LogP contribution >= 0.6 is 0 Å². The van der Waals surface area contributed by atoms with Crippen LogP contribution < -0.4 is 0 Å². The van der Waals surface area contributed by atoms with Crippen molar-refractivity contribution in [2.45, 2.75) is 39.7 Å². The second-order valence-electron chi connectivity index (χ2n) is 6.80. The molecule has 0 heterocycles. The lowest BCUT2D eigenvalue weighted by Crippen LogP contribution is -2.31. The van der Waals surface area contributed by atoms with Crippen LogP contribution in [0.3, 0.4) is 0 Å². The smallest absolute Gasteiger partial charge is 0.317 e. The van der Waals surface area contributed by atoms with Crippen LogP contribution in [0.25, 0.3) is 6.08 Å². The maximum absolute atomic E-state index is 12.6. The molecular formula is C19H24O4. The summed E-state index contributed by atoms with van der Waals surface area (Å²) in [4.78, 5) is 24.6. The number of rotatable bonds is 5. The zero-order valence-electron chi connectivity index (χ0n) is 14.2. The third-order valence-corrected chi connectivity index (χ3v) is 3.73. The lowest BCUT2D eigenvalue weighted by Gasteiger charge is -2.23. The van der Waals surface area contributed by atoms with Gasteiger partial charge in [0.05, 0.1) is 12.5 Å². The van der Waals surface area contributed by atoms with Crippen molar-refractivity contribution in [2.24, 2.45) is 11.3 Å². The fraction of sp³-hybridized carbons (Fsp3) is 0.474. The average molecular weight is 316 g/mol. The Morgan fingerprint density at radius 1 is 1.26 bits per heavy atom. The molecule has 2 atom stereocenters. The molecule has 1 aromatic rings. The first kappa shape index (κ1) is 17.3. The summed E-state index contributed by atoms with van der Waals surface area (Å²) in [6.45, 7) is 7.53. The van der Waals surface area contributed by atoms with Crippen LogP contribution in [0.15, 0.2) is 36.4 Å². The lowest BCUT2D eigenvalue weighted by atomic mass is 10.0. The highest BCUT2D eigenvalue weighted by Gasteiger charge is 2.64. The van der Waals surface area contributed by atoms with E-state index >= 15 is 0 Å². The SMILES string of the molecule is CCOC(=O)[C@@H]1C[C@@]1(/C=C/c1ccccc1)C(=O)OC(C)(C)C. The monoisotopic (exact) mass is 316 g/mol. The summed E-state index contributed by atoms with van der Waals surface area (Å²) in [5.74, 6) is -1.16. The molecule has 0 radical (unpaired) electrons. The van der Waals surface area contributed by atoms with Gasteiger partial charge in [-0.05, 0) is 39.7 Å². The molecule has 0 saturated heterocycles. The minimum absolute atomic E-state index is 0.308. The maximum Gasteiger partial charge on any atom is 0.317 e. The van der Waals surface area contributed by atoms with Gasteiger partial charge in [0.1, 0.15) is 11.0 Å². The first-order valence-corrected chi connectivity index (χ1v) is 7.93. The molecule has 0 aliphatic heterocycles. The Balaban J connectivity index is 2.22. The molecule has 1 aromatic carbocycles. The second kappa shape index (κ2) is 6.57. The molecule has 0 spiro atoms. The van der Waals surface area contributed by atoms with Crippen molar-refractivity contribution >= 4 is 18.0 Å². The van der Waals surface area contributed by atoms with Crippen LogP contribution in [0.1, 0.15) is 39.7 Å². The van der Waals surface area contributed by atoms with Crippen LogP contribution in [0.4, 0.5) is 0 Å². The molecular weight excluding hydrogens is 292 g/mol. The Kier molecular flexibility index (Phi) is 4.93. The van der Waals surface area contributed by atoms with E-state index in [1.807, 2.05) is 57.2 Å². The van der Waals surface area contributed by atoms with Gasteiger partial charge in [0.15, 0.2) is 0 Å². The van der Waals surface area contributed by atoms with Gasteiger partial charge < -0.3 is 9.47 Å². The molecule has 0 N–H and O–H groups in total. The molecule has 124 valence electrons. The standard InChI is InChI=1S/C19H24O4/c1-5-22-16(20)15-13-19(15,17(21)23-18(2,3)4)12-11-14-9-7-6-8-10-14/h6-12,15H,5,13H2,1-4H3/b12-11+/t15-,19+/m0/s1. The van der Waals surface area contributed by atoms with Crippen LogP contribution in [-0.4, -0.2) is 24.1 Å². The summed E-state index contributed by atoms with van der Waals surface area (Å²) in [5, 5.41) is 0. The Morgan fingerprint density at radius 2 is 1.91 bits per heavy atom. The predicted octanol–water partition coefficient (Wildman–Crippen LogP) is 3.61. The Hall–Kier alpha value is -2.10. The highest BCUT2D eigenvalue weighted by molar-refractivity contribution is 5.94.